The molecule has 6 nitrogen and oxygen atoms in total. The molecule has 3 aliphatic heterocycles. The third kappa shape index (κ3) is 2.85. The number of aromatic nitrogens is 2. The predicted octanol–water partition coefficient (Wildman–Crippen LogP) is 2.34. The number of hydrogen-bond acceptors (Lipinski definition) is 5. The fourth-order valence-corrected chi connectivity index (χ4v) is 5.24. The molecule has 3 fully saturated rings. The lowest BCUT2D eigenvalue weighted by atomic mass is 9.73. The number of hydrogen-bond donors (Lipinski definition) is 1. The highest BCUT2D eigenvalue weighted by atomic mass is 19.1. The second kappa shape index (κ2) is 6.51. The molecule has 5 heterocycles. The Bertz CT molecular complexity index is 923. The van der Waals surface area contributed by atoms with Gasteiger partial charge in [-0.3, -0.25) is 14.8 Å². The maximum absolute atomic E-state index is 13.3. The number of nitrogens with one attached hydrogen (secondary N) is 1. The van der Waals surface area contributed by atoms with Gasteiger partial charge in [-0.05, 0) is 38.0 Å². The van der Waals surface area contributed by atoms with Gasteiger partial charge in [-0.25, -0.2) is 4.39 Å². The molecule has 0 unspecified atom stereocenters. The van der Waals surface area contributed by atoms with E-state index in [-0.39, 0.29) is 29.1 Å². The third-order valence-electron chi connectivity index (χ3n) is 6.49. The van der Waals surface area contributed by atoms with Crippen molar-refractivity contribution < 1.29 is 13.9 Å². The van der Waals surface area contributed by atoms with Crippen molar-refractivity contribution in [3.05, 3.63) is 53.9 Å². The molecule has 28 heavy (non-hydrogen) atoms. The molecule has 2 bridgehead atoms. The SMILES string of the molecule is Cc1cc(N2C[C@@H]3[C@H](CNC(=O)c4cncc(F)c4)[C@H]4CC[C@]3(C2)O4)ccn1. The van der Waals surface area contributed by atoms with Crippen LogP contribution in [0.4, 0.5) is 10.1 Å². The molecule has 0 aromatic carbocycles. The van der Waals surface area contributed by atoms with E-state index in [4.69, 9.17) is 4.74 Å². The average Bonchev–Trinajstić information content (AvgIpc) is 3.34. The number of ether oxygens (including phenoxy) is 1. The molecular formula is C21H23FN4O2. The first-order valence-electron chi connectivity index (χ1n) is 9.78. The highest BCUT2D eigenvalue weighted by Gasteiger charge is 2.62. The summed E-state index contributed by atoms with van der Waals surface area (Å²) in [6.07, 6.45) is 6.62. The molecule has 1 spiro atoms. The van der Waals surface area contributed by atoms with Gasteiger partial charge in [0.1, 0.15) is 5.82 Å². The summed E-state index contributed by atoms with van der Waals surface area (Å²) in [4.78, 5) is 22.8. The molecule has 4 atom stereocenters. The molecule has 3 saturated heterocycles. The highest BCUT2D eigenvalue weighted by Crippen LogP contribution is 2.55. The smallest absolute Gasteiger partial charge is 0.252 e. The molecule has 1 N–H and O–H groups in total. The summed E-state index contributed by atoms with van der Waals surface area (Å²) in [7, 11) is 0. The molecule has 2 aromatic rings. The predicted molar refractivity (Wildman–Crippen MR) is 102 cm³/mol. The number of fused-ring (bicyclic) bond motifs is 1. The fourth-order valence-electron chi connectivity index (χ4n) is 5.24. The topological polar surface area (TPSA) is 67.4 Å². The maximum atomic E-state index is 13.3. The number of pyridine rings is 2. The Balaban J connectivity index is 1.30. The minimum Gasteiger partial charge on any atom is -0.369 e. The Labute approximate surface area is 163 Å². The summed E-state index contributed by atoms with van der Waals surface area (Å²) in [5.74, 6) is -0.143. The first-order chi connectivity index (χ1) is 13.5. The van der Waals surface area contributed by atoms with E-state index in [1.165, 1.54) is 18.0 Å². The van der Waals surface area contributed by atoms with Crippen LogP contribution >= 0.6 is 0 Å². The van der Waals surface area contributed by atoms with Gasteiger partial charge in [0.15, 0.2) is 0 Å². The second-order valence-corrected chi connectivity index (χ2v) is 8.17. The standard InChI is InChI=1S/C21H23FN4O2/c1-13-6-16(3-5-24-13)26-11-18-17(19-2-4-21(18,12-26)28-19)10-25-20(27)14-7-15(22)9-23-8-14/h3,5-9,17-19H,2,4,10-12H2,1H3,(H,25,27)/t17-,18+,19+,21+/m0/s1. The summed E-state index contributed by atoms with van der Waals surface area (Å²) < 4.78 is 19.8. The van der Waals surface area contributed by atoms with E-state index < -0.39 is 5.82 Å². The van der Waals surface area contributed by atoms with Gasteiger partial charge in [0.2, 0.25) is 0 Å². The Morgan fingerprint density at radius 3 is 3.14 bits per heavy atom. The van der Waals surface area contributed by atoms with Gasteiger partial charge in [-0.2, -0.15) is 0 Å². The molecule has 0 radical (unpaired) electrons. The normalized spacial score (nSPS) is 30.5. The van der Waals surface area contributed by atoms with Crippen molar-refractivity contribution in [3.63, 3.8) is 0 Å². The number of rotatable bonds is 4. The van der Waals surface area contributed by atoms with Crippen molar-refractivity contribution in [2.24, 2.45) is 11.8 Å². The summed E-state index contributed by atoms with van der Waals surface area (Å²) in [5, 5.41) is 2.97. The van der Waals surface area contributed by atoms with Crippen LogP contribution in [0.3, 0.4) is 0 Å². The molecule has 3 aliphatic rings. The lowest BCUT2D eigenvalue weighted by Gasteiger charge is -2.29. The molecule has 5 rings (SSSR count). The van der Waals surface area contributed by atoms with Gasteiger partial charge in [0.05, 0.1) is 23.5 Å². The summed E-state index contributed by atoms with van der Waals surface area (Å²) in [5.41, 5.74) is 2.32. The van der Waals surface area contributed by atoms with Crippen LogP contribution in [-0.2, 0) is 4.74 Å². The van der Waals surface area contributed by atoms with Crippen molar-refractivity contribution in [1.82, 2.24) is 15.3 Å². The van der Waals surface area contributed by atoms with Crippen LogP contribution in [0.5, 0.6) is 0 Å². The van der Waals surface area contributed by atoms with E-state index in [1.807, 2.05) is 19.2 Å². The van der Waals surface area contributed by atoms with Crippen molar-refractivity contribution in [2.45, 2.75) is 31.5 Å². The molecule has 0 saturated carbocycles. The van der Waals surface area contributed by atoms with Crippen molar-refractivity contribution >= 4 is 11.6 Å². The van der Waals surface area contributed by atoms with Crippen molar-refractivity contribution in [3.8, 4) is 0 Å². The van der Waals surface area contributed by atoms with Gasteiger partial charge in [-0.1, -0.05) is 0 Å². The minimum absolute atomic E-state index is 0.113. The zero-order valence-electron chi connectivity index (χ0n) is 15.8. The lowest BCUT2D eigenvalue weighted by Crippen LogP contribution is -2.41. The zero-order valence-corrected chi connectivity index (χ0v) is 15.8. The fraction of sp³-hybridized carbons (Fsp3) is 0.476. The number of nitrogens with zero attached hydrogens (tertiary/aromatic N) is 3. The quantitative estimate of drug-likeness (QED) is 0.879. The largest absolute Gasteiger partial charge is 0.369 e. The van der Waals surface area contributed by atoms with Crippen LogP contribution in [0, 0.1) is 24.6 Å². The second-order valence-electron chi connectivity index (χ2n) is 8.17. The van der Waals surface area contributed by atoms with Crippen LogP contribution in [0.2, 0.25) is 0 Å². The average molecular weight is 382 g/mol. The summed E-state index contributed by atoms with van der Waals surface area (Å²) >= 11 is 0. The van der Waals surface area contributed by atoms with Crippen LogP contribution in [0.15, 0.2) is 36.8 Å². The Hall–Kier alpha value is -2.54. The number of aryl methyl sites for hydroxylation is 1. The summed E-state index contributed by atoms with van der Waals surface area (Å²) in [6, 6.07) is 5.37. The van der Waals surface area contributed by atoms with Gasteiger partial charge < -0.3 is 15.0 Å². The zero-order chi connectivity index (χ0) is 19.3. The van der Waals surface area contributed by atoms with E-state index in [1.54, 1.807) is 0 Å². The van der Waals surface area contributed by atoms with Gasteiger partial charge >= 0.3 is 0 Å². The van der Waals surface area contributed by atoms with E-state index >= 15 is 0 Å². The lowest BCUT2D eigenvalue weighted by molar-refractivity contribution is 0.0141. The van der Waals surface area contributed by atoms with E-state index in [0.29, 0.717) is 12.5 Å². The van der Waals surface area contributed by atoms with Crippen LogP contribution in [-0.4, -0.2) is 47.2 Å². The third-order valence-corrected chi connectivity index (χ3v) is 6.49. The Kier molecular flexibility index (Phi) is 4.08. The number of halogens is 1. The van der Waals surface area contributed by atoms with E-state index in [0.717, 1.165) is 37.8 Å². The Morgan fingerprint density at radius 1 is 1.43 bits per heavy atom. The van der Waals surface area contributed by atoms with E-state index in [2.05, 4.69) is 26.3 Å². The summed E-state index contributed by atoms with van der Waals surface area (Å²) in [6.45, 7) is 4.34. The van der Waals surface area contributed by atoms with Crippen LogP contribution < -0.4 is 10.2 Å². The van der Waals surface area contributed by atoms with Crippen LogP contribution in [0.1, 0.15) is 28.9 Å². The van der Waals surface area contributed by atoms with Crippen molar-refractivity contribution in [1.29, 1.82) is 0 Å². The van der Waals surface area contributed by atoms with E-state index in [9.17, 15) is 9.18 Å². The first-order valence-corrected chi connectivity index (χ1v) is 9.78. The Morgan fingerprint density at radius 2 is 2.32 bits per heavy atom. The molecule has 0 aliphatic carbocycles. The monoisotopic (exact) mass is 382 g/mol. The van der Waals surface area contributed by atoms with Gasteiger partial charge in [0.25, 0.3) is 5.91 Å². The van der Waals surface area contributed by atoms with Crippen molar-refractivity contribution in [2.75, 3.05) is 24.5 Å². The van der Waals surface area contributed by atoms with Gasteiger partial charge in [-0.15, -0.1) is 0 Å². The highest BCUT2D eigenvalue weighted by molar-refractivity contribution is 5.93. The molecular weight excluding hydrogens is 359 g/mol. The molecule has 1 amide bonds. The molecule has 7 heteroatoms. The molecule has 146 valence electrons. The molecule has 2 aromatic heterocycles. The van der Waals surface area contributed by atoms with Crippen LogP contribution in [0.25, 0.3) is 0 Å². The maximum Gasteiger partial charge on any atom is 0.252 e. The first kappa shape index (κ1) is 17.6. The number of carbonyl (C=O) groups excluding carboxylic acids is 1. The number of carbonyl (C=O) groups is 1. The number of anilines is 1. The minimum atomic E-state index is -0.506. The van der Waals surface area contributed by atoms with Gasteiger partial charge in [0, 0.05) is 55.2 Å². The number of amides is 1.